The average molecular weight is 339 g/mol. The van der Waals surface area contributed by atoms with Crippen molar-refractivity contribution in [1.82, 2.24) is 20.1 Å². The van der Waals surface area contributed by atoms with Gasteiger partial charge in [0.15, 0.2) is 0 Å². The summed E-state index contributed by atoms with van der Waals surface area (Å²) in [5.41, 5.74) is 0.549. The lowest BCUT2D eigenvalue weighted by Crippen LogP contribution is -2.51. The van der Waals surface area contributed by atoms with E-state index in [0.29, 0.717) is 43.4 Å². The zero-order valence-electron chi connectivity index (χ0n) is 13.6. The largest absolute Gasteiger partial charge is 0.353 e. The molecule has 0 aliphatic carbocycles. The topological polar surface area (TPSA) is 65.5 Å². The highest BCUT2D eigenvalue weighted by Gasteiger charge is 2.23. The van der Waals surface area contributed by atoms with Crippen LogP contribution in [0.3, 0.4) is 0 Å². The van der Waals surface area contributed by atoms with Crippen molar-refractivity contribution in [3.63, 3.8) is 0 Å². The van der Waals surface area contributed by atoms with Gasteiger partial charge in [-0.1, -0.05) is 18.5 Å². The summed E-state index contributed by atoms with van der Waals surface area (Å²) in [6, 6.07) is 3.44. The molecule has 126 valence electrons. The van der Waals surface area contributed by atoms with Crippen LogP contribution >= 0.6 is 11.6 Å². The SMILES string of the molecule is CCC(C)NC(=O)CN1CCN(C(=O)c2ccnc(Cl)c2)CC1. The van der Waals surface area contributed by atoms with E-state index in [4.69, 9.17) is 11.6 Å². The van der Waals surface area contributed by atoms with Gasteiger partial charge in [0.05, 0.1) is 6.54 Å². The summed E-state index contributed by atoms with van der Waals surface area (Å²) in [6.07, 6.45) is 2.45. The van der Waals surface area contributed by atoms with Crippen molar-refractivity contribution in [2.45, 2.75) is 26.3 Å². The Hall–Kier alpha value is -1.66. The molecular weight excluding hydrogens is 316 g/mol. The van der Waals surface area contributed by atoms with Crippen molar-refractivity contribution >= 4 is 23.4 Å². The lowest BCUT2D eigenvalue weighted by atomic mass is 10.2. The highest BCUT2D eigenvalue weighted by Crippen LogP contribution is 2.12. The molecule has 1 aromatic heterocycles. The fraction of sp³-hybridized carbons (Fsp3) is 0.562. The van der Waals surface area contributed by atoms with Gasteiger partial charge in [-0.2, -0.15) is 0 Å². The van der Waals surface area contributed by atoms with Gasteiger partial charge in [-0.3, -0.25) is 14.5 Å². The van der Waals surface area contributed by atoms with Gasteiger partial charge in [0, 0.05) is 44.0 Å². The van der Waals surface area contributed by atoms with Crippen LogP contribution in [0.15, 0.2) is 18.3 Å². The van der Waals surface area contributed by atoms with Crippen molar-refractivity contribution in [3.05, 3.63) is 29.0 Å². The first-order chi connectivity index (χ1) is 11.0. The van der Waals surface area contributed by atoms with Gasteiger partial charge >= 0.3 is 0 Å². The Morgan fingerprint density at radius 2 is 2.04 bits per heavy atom. The molecule has 2 rings (SSSR count). The molecular formula is C16H23ClN4O2. The molecule has 0 aromatic carbocycles. The summed E-state index contributed by atoms with van der Waals surface area (Å²) in [5.74, 6) is -0.00181. The molecule has 1 unspecified atom stereocenters. The fourth-order valence-electron chi connectivity index (χ4n) is 2.45. The van der Waals surface area contributed by atoms with Crippen molar-refractivity contribution in [2.75, 3.05) is 32.7 Å². The minimum atomic E-state index is -0.0435. The second-order valence-corrected chi connectivity index (χ2v) is 6.20. The molecule has 0 radical (unpaired) electrons. The Bertz CT molecular complexity index is 559. The standard InChI is InChI=1S/C16H23ClN4O2/c1-3-12(2)19-15(22)11-20-6-8-21(9-7-20)16(23)13-4-5-18-14(17)10-13/h4-5,10,12H,3,6-9,11H2,1-2H3,(H,19,22). The van der Waals surface area contributed by atoms with Crippen LogP contribution in [0.1, 0.15) is 30.6 Å². The molecule has 1 atom stereocenters. The van der Waals surface area contributed by atoms with E-state index in [1.807, 2.05) is 13.8 Å². The zero-order valence-corrected chi connectivity index (χ0v) is 14.3. The molecule has 0 saturated carbocycles. The molecule has 6 nitrogen and oxygen atoms in total. The van der Waals surface area contributed by atoms with Crippen LogP contribution in [0.5, 0.6) is 0 Å². The smallest absolute Gasteiger partial charge is 0.254 e. The molecule has 1 fully saturated rings. The predicted molar refractivity (Wildman–Crippen MR) is 89.5 cm³/mol. The van der Waals surface area contributed by atoms with Gasteiger partial charge in [0.2, 0.25) is 5.91 Å². The van der Waals surface area contributed by atoms with Gasteiger partial charge in [0.1, 0.15) is 5.15 Å². The second-order valence-electron chi connectivity index (χ2n) is 5.81. The number of pyridine rings is 1. The van der Waals surface area contributed by atoms with Crippen LogP contribution < -0.4 is 5.32 Å². The van der Waals surface area contributed by atoms with Gasteiger partial charge in [0.25, 0.3) is 5.91 Å². The highest BCUT2D eigenvalue weighted by atomic mass is 35.5. The summed E-state index contributed by atoms with van der Waals surface area (Å²) in [7, 11) is 0. The molecule has 0 bridgehead atoms. The molecule has 1 N–H and O–H groups in total. The number of nitrogens with one attached hydrogen (secondary N) is 1. The van der Waals surface area contributed by atoms with Gasteiger partial charge in [-0.25, -0.2) is 4.98 Å². The first kappa shape index (κ1) is 17.7. The first-order valence-corrected chi connectivity index (χ1v) is 8.30. The summed E-state index contributed by atoms with van der Waals surface area (Å²) in [5, 5.41) is 3.28. The van der Waals surface area contributed by atoms with Crippen LogP contribution in [0.4, 0.5) is 0 Å². The minimum Gasteiger partial charge on any atom is -0.353 e. The number of aromatic nitrogens is 1. The number of amides is 2. The van der Waals surface area contributed by atoms with Crippen LogP contribution in [0.2, 0.25) is 5.15 Å². The maximum Gasteiger partial charge on any atom is 0.254 e. The Morgan fingerprint density at radius 1 is 1.35 bits per heavy atom. The number of carbonyl (C=O) groups is 2. The third kappa shape index (κ3) is 5.18. The Balaban J connectivity index is 1.82. The van der Waals surface area contributed by atoms with E-state index in [0.717, 1.165) is 6.42 Å². The van der Waals surface area contributed by atoms with Gasteiger partial charge in [-0.05, 0) is 25.5 Å². The lowest BCUT2D eigenvalue weighted by Gasteiger charge is -2.34. The molecule has 2 heterocycles. The van der Waals surface area contributed by atoms with Crippen molar-refractivity contribution in [1.29, 1.82) is 0 Å². The first-order valence-electron chi connectivity index (χ1n) is 7.92. The van der Waals surface area contributed by atoms with E-state index >= 15 is 0 Å². The molecule has 0 spiro atoms. The normalized spacial score (nSPS) is 16.9. The Labute approximate surface area is 141 Å². The molecule has 1 aliphatic heterocycles. The molecule has 7 heteroatoms. The second kappa shape index (κ2) is 8.26. The van der Waals surface area contributed by atoms with Crippen LogP contribution in [0, 0.1) is 0 Å². The fourth-order valence-corrected chi connectivity index (χ4v) is 2.63. The summed E-state index contributed by atoms with van der Waals surface area (Å²) in [4.78, 5) is 32.0. The quantitative estimate of drug-likeness (QED) is 0.824. The van der Waals surface area contributed by atoms with Crippen molar-refractivity contribution in [2.24, 2.45) is 0 Å². The van der Waals surface area contributed by atoms with Crippen LogP contribution in [0.25, 0.3) is 0 Å². The van der Waals surface area contributed by atoms with E-state index in [-0.39, 0.29) is 17.9 Å². The van der Waals surface area contributed by atoms with Gasteiger partial charge < -0.3 is 10.2 Å². The number of nitrogens with zero attached hydrogens (tertiary/aromatic N) is 3. The van der Waals surface area contributed by atoms with E-state index in [9.17, 15) is 9.59 Å². The zero-order chi connectivity index (χ0) is 16.8. The highest BCUT2D eigenvalue weighted by molar-refractivity contribution is 6.29. The van der Waals surface area contributed by atoms with E-state index in [1.165, 1.54) is 6.20 Å². The number of carbonyl (C=O) groups excluding carboxylic acids is 2. The molecule has 2 amide bonds. The number of piperazine rings is 1. The molecule has 1 saturated heterocycles. The number of hydrogen-bond acceptors (Lipinski definition) is 4. The monoisotopic (exact) mass is 338 g/mol. The van der Waals surface area contributed by atoms with Crippen molar-refractivity contribution < 1.29 is 9.59 Å². The molecule has 23 heavy (non-hydrogen) atoms. The lowest BCUT2D eigenvalue weighted by molar-refractivity contribution is -0.123. The third-order valence-corrected chi connectivity index (χ3v) is 4.23. The van der Waals surface area contributed by atoms with Crippen LogP contribution in [-0.4, -0.2) is 65.4 Å². The summed E-state index contributed by atoms with van der Waals surface area (Å²) >= 11 is 5.83. The summed E-state index contributed by atoms with van der Waals surface area (Å²) < 4.78 is 0. The van der Waals surface area contributed by atoms with E-state index in [2.05, 4.69) is 15.2 Å². The molecule has 1 aliphatic rings. The number of hydrogen-bond donors (Lipinski definition) is 1. The van der Waals surface area contributed by atoms with Crippen LogP contribution in [-0.2, 0) is 4.79 Å². The van der Waals surface area contributed by atoms with Crippen molar-refractivity contribution in [3.8, 4) is 0 Å². The summed E-state index contributed by atoms with van der Waals surface area (Å²) in [6.45, 7) is 7.02. The minimum absolute atomic E-state index is 0.0417. The average Bonchev–Trinajstić information content (AvgIpc) is 2.54. The maximum atomic E-state index is 12.4. The number of halogens is 1. The third-order valence-electron chi connectivity index (χ3n) is 4.02. The maximum absolute atomic E-state index is 12.4. The predicted octanol–water partition coefficient (Wildman–Crippen LogP) is 1.41. The Morgan fingerprint density at radius 3 is 2.65 bits per heavy atom. The molecule has 1 aromatic rings. The number of rotatable bonds is 5. The van der Waals surface area contributed by atoms with E-state index < -0.39 is 0 Å². The van der Waals surface area contributed by atoms with E-state index in [1.54, 1.807) is 17.0 Å². The van der Waals surface area contributed by atoms with Gasteiger partial charge in [-0.15, -0.1) is 0 Å². The Kier molecular flexibility index (Phi) is 6.36.